The molecule has 0 saturated carbocycles. The number of aryl methyl sites for hydroxylation is 2. The van der Waals surface area contributed by atoms with E-state index in [2.05, 4.69) is 60.7 Å². The first-order valence-corrected chi connectivity index (χ1v) is 5.03. The van der Waals surface area contributed by atoms with Gasteiger partial charge < -0.3 is 0 Å². The SMILES string of the molecule is [Hf].c1ccc(CCc2ccccc2)cc1. The molecule has 0 aliphatic carbocycles. The van der Waals surface area contributed by atoms with E-state index in [1.54, 1.807) is 0 Å². The van der Waals surface area contributed by atoms with E-state index in [0.717, 1.165) is 12.8 Å². The molecule has 0 aromatic heterocycles. The van der Waals surface area contributed by atoms with Crippen LogP contribution in [0.2, 0.25) is 0 Å². The van der Waals surface area contributed by atoms with E-state index in [9.17, 15) is 0 Å². The second-order valence-corrected chi connectivity index (χ2v) is 3.47. The zero-order valence-corrected chi connectivity index (χ0v) is 12.3. The molecule has 0 spiro atoms. The van der Waals surface area contributed by atoms with Crippen LogP contribution in [-0.2, 0) is 38.7 Å². The topological polar surface area (TPSA) is 0 Å². The Morgan fingerprint density at radius 3 is 1.20 bits per heavy atom. The molecule has 0 atom stereocenters. The van der Waals surface area contributed by atoms with Gasteiger partial charge >= 0.3 is 0 Å². The van der Waals surface area contributed by atoms with Crippen LogP contribution >= 0.6 is 0 Å². The predicted octanol–water partition coefficient (Wildman–Crippen LogP) is 3.47. The van der Waals surface area contributed by atoms with Crippen LogP contribution in [0.15, 0.2) is 60.7 Å². The van der Waals surface area contributed by atoms with Crippen LogP contribution in [0.5, 0.6) is 0 Å². The van der Waals surface area contributed by atoms with Gasteiger partial charge in [-0.1, -0.05) is 60.7 Å². The molecule has 0 amide bonds. The minimum absolute atomic E-state index is 0. The molecule has 0 radical (unpaired) electrons. The molecular formula is C14H14Hf. The van der Waals surface area contributed by atoms with Gasteiger partial charge in [0, 0.05) is 25.8 Å². The van der Waals surface area contributed by atoms with Crippen LogP contribution in [0.1, 0.15) is 11.1 Å². The molecule has 0 N–H and O–H groups in total. The van der Waals surface area contributed by atoms with Crippen molar-refractivity contribution in [1.29, 1.82) is 0 Å². The maximum Gasteiger partial charge on any atom is 0 e. The molecule has 1 heteroatoms. The Bertz CT molecular complexity index is 328. The monoisotopic (exact) mass is 362 g/mol. The summed E-state index contributed by atoms with van der Waals surface area (Å²) < 4.78 is 0. The molecule has 0 unspecified atom stereocenters. The molecule has 0 nitrogen and oxygen atoms in total. The maximum atomic E-state index is 2.18. The summed E-state index contributed by atoms with van der Waals surface area (Å²) in [5.41, 5.74) is 2.83. The van der Waals surface area contributed by atoms with Gasteiger partial charge in [-0.3, -0.25) is 0 Å². The van der Waals surface area contributed by atoms with Crippen molar-refractivity contribution in [2.24, 2.45) is 0 Å². The van der Waals surface area contributed by atoms with E-state index >= 15 is 0 Å². The summed E-state index contributed by atoms with van der Waals surface area (Å²) in [5.74, 6) is 0. The number of hydrogen-bond donors (Lipinski definition) is 0. The number of hydrogen-bond acceptors (Lipinski definition) is 0. The van der Waals surface area contributed by atoms with Crippen molar-refractivity contribution < 1.29 is 25.8 Å². The van der Waals surface area contributed by atoms with Crippen molar-refractivity contribution >= 4 is 0 Å². The van der Waals surface area contributed by atoms with Gasteiger partial charge in [-0.25, -0.2) is 0 Å². The summed E-state index contributed by atoms with van der Waals surface area (Å²) in [6, 6.07) is 21.2. The van der Waals surface area contributed by atoms with Crippen molar-refractivity contribution in [2.45, 2.75) is 12.8 Å². The third-order valence-corrected chi connectivity index (χ3v) is 2.39. The first kappa shape index (κ1) is 12.4. The minimum Gasteiger partial charge on any atom is -0.0622 e. The molecule has 2 rings (SSSR count). The summed E-state index contributed by atoms with van der Waals surface area (Å²) in [7, 11) is 0. The summed E-state index contributed by atoms with van der Waals surface area (Å²) in [4.78, 5) is 0. The third kappa shape index (κ3) is 4.13. The van der Waals surface area contributed by atoms with E-state index in [4.69, 9.17) is 0 Å². The molecule has 0 heterocycles. The quantitative estimate of drug-likeness (QED) is 0.735. The van der Waals surface area contributed by atoms with Gasteiger partial charge in [0.1, 0.15) is 0 Å². The summed E-state index contributed by atoms with van der Waals surface area (Å²) in [5, 5.41) is 0. The fourth-order valence-corrected chi connectivity index (χ4v) is 1.58. The van der Waals surface area contributed by atoms with Gasteiger partial charge in [-0.05, 0) is 24.0 Å². The number of benzene rings is 2. The van der Waals surface area contributed by atoms with Crippen LogP contribution in [-0.4, -0.2) is 0 Å². The van der Waals surface area contributed by atoms with E-state index in [0.29, 0.717) is 0 Å². The van der Waals surface area contributed by atoms with Crippen LogP contribution in [0, 0.1) is 0 Å². The zero-order valence-electron chi connectivity index (χ0n) is 8.69. The Balaban J connectivity index is 0.00000112. The Labute approximate surface area is 110 Å². The van der Waals surface area contributed by atoms with E-state index in [1.165, 1.54) is 11.1 Å². The second kappa shape index (κ2) is 6.73. The van der Waals surface area contributed by atoms with Gasteiger partial charge in [0.2, 0.25) is 0 Å². The Kier molecular flexibility index (Phi) is 5.56. The fraction of sp³-hybridized carbons (Fsp3) is 0.143. The summed E-state index contributed by atoms with van der Waals surface area (Å²) in [6.07, 6.45) is 2.26. The molecule has 0 bridgehead atoms. The average Bonchev–Trinajstić information content (AvgIpc) is 2.29. The minimum atomic E-state index is 0. The van der Waals surface area contributed by atoms with E-state index in [-0.39, 0.29) is 25.8 Å². The van der Waals surface area contributed by atoms with Gasteiger partial charge in [-0.15, -0.1) is 0 Å². The molecule has 74 valence electrons. The van der Waals surface area contributed by atoms with Crippen molar-refractivity contribution in [1.82, 2.24) is 0 Å². The van der Waals surface area contributed by atoms with Crippen LogP contribution in [0.4, 0.5) is 0 Å². The molecule has 0 saturated heterocycles. The van der Waals surface area contributed by atoms with E-state index in [1.807, 2.05) is 0 Å². The first-order chi connectivity index (χ1) is 6.95. The summed E-state index contributed by atoms with van der Waals surface area (Å²) in [6.45, 7) is 0. The molecule has 2 aromatic rings. The van der Waals surface area contributed by atoms with Gasteiger partial charge in [0.25, 0.3) is 0 Å². The zero-order chi connectivity index (χ0) is 9.64. The van der Waals surface area contributed by atoms with Crippen LogP contribution < -0.4 is 0 Å². The molecule has 0 aliphatic rings. The van der Waals surface area contributed by atoms with Crippen molar-refractivity contribution in [3.8, 4) is 0 Å². The van der Waals surface area contributed by atoms with Crippen LogP contribution in [0.25, 0.3) is 0 Å². The van der Waals surface area contributed by atoms with Gasteiger partial charge in [0.15, 0.2) is 0 Å². The Hall–Kier alpha value is -0.690. The standard InChI is InChI=1S/C14H14.Hf/c1-3-7-13(8-4-1)11-12-14-9-5-2-6-10-14;/h1-10H,11-12H2;. The van der Waals surface area contributed by atoms with Crippen molar-refractivity contribution in [2.75, 3.05) is 0 Å². The third-order valence-electron chi connectivity index (χ3n) is 2.39. The molecular weight excluding hydrogens is 347 g/mol. The Morgan fingerprint density at radius 1 is 0.533 bits per heavy atom. The van der Waals surface area contributed by atoms with Crippen molar-refractivity contribution in [3.05, 3.63) is 71.8 Å². The second-order valence-electron chi connectivity index (χ2n) is 3.47. The Morgan fingerprint density at radius 2 is 0.867 bits per heavy atom. The fourth-order valence-electron chi connectivity index (χ4n) is 1.58. The smallest absolute Gasteiger partial charge is 0 e. The maximum absolute atomic E-state index is 2.18. The van der Waals surface area contributed by atoms with Crippen LogP contribution in [0.3, 0.4) is 0 Å². The molecule has 15 heavy (non-hydrogen) atoms. The van der Waals surface area contributed by atoms with Crippen molar-refractivity contribution in [3.63, 3.8) is 0 Å². The average molecular weight is 361 g/mol. The normalized spacial score (nSPS) is 9.33. The first-order valence-electron chi connectivity index (χ1n) is 5.03. The van der Waals surface area contributed by atoms with Gasteiger partial charge in [-0.2, -0.15) is 0 Å². The molecule has 2 aromatic carbocycles. The number of rotatable bonds is 3. The van der Waals surface area contributed by atoms with Gasteiger partial charge in [0.05, 0.1) is 0 Å². The van der Waals surface area contributed by atoms with E-state index < -0.39 is 0 Å². The largest absolute Gasteiger partial charge is 0.0622 e. The molecule has 0 fully saturated rings. The summed E-state index contributed by atoms with van der Waals surface area (Å²) >= 11 is 0. The predicted molar refractivity (Wildman–Crippen MR) is 60.3 cm³/mol. The molecule has 0 aliphatic heterocycles.